The fourth-order valence-electron chi connectivity index (χ4n) is 3.45. The van der Waals surface area contributed by atoms with Crippen molar-refractivity contribution in [3.63, 3.8) is 0 Å². The largest absolute Gasteiger partial charge is 0.467 e. The first kappa shape index (κ1) is 22.3. The maximum Gasteiger partial charge on any atom is 0.274 e. The molecular weight excluding hydrogens is 479 g/mol. The van der Waals surface area contributed by atoms with E-state index in [1.165, 1.54) is 35.6 Å². The number of hydrogen-bond acceptors (Lipinski definition) is 6. The van der Waals surface area contributed by atoms with Gasteiger partial charge >= 0.3 is 0 Å². The number of benzene rings is 2. The second-order valence-electron chi connectivity index (χ2n) is 7.29. The molecule has 0 unspecified atom stereocenters. The van der Waals surface area contributed by atoms with Crippen LogP contribution >= 0.6 is 34.5 Å². The second kappa shape index (κ2) is 9.32. The van der Waals surface area contributed by atoms with Crippen molar-refractivity contribution >= 4 is 60.5 Å². The van der Waals surface area contributed by atoms with Crippen LogP contribution in [0.15, 0.2) is 47.4 Å². The van der Waals surface area contributed by atoms with Gasteiger partial charge in [-0.3, -0.25) is 4.79 Å². The lowest BCUT2D eigenvalue weighted by molar-refractivity contribution is -0.132. The molecule has 0 N–H and O–H groups in total. The van der Waals surface area contributed by atoms with Crippen molar-refractivity contribution in [3.8, 4) is 5.19 Å². The van der Waals surface area contributed by atoms with Gasteiger partial charge in [-0.25, -0.2) is 13.4 Å². The Labute approximate surface area is 194 Å². The first-order chi connectivity index (χ1) is 14.8. The van der Waals surface area contributed by atoms with Gasteiger partial charge in [0.1, 0.15) is 11.6 Å². The van der Waals surface area contributed by atoms with Crippen LogP contribution in [0.2, 0.25) is 10.0 Å². The third kappa shape index (κ3) is 5.31. The summed E-state index contributed by atoms with van der Waals surface area (Å²) >= 11 is 13.4. The number of nitrogens with zero attached hydrogens (tertiary/aromatic N) is 2. The fraction of sp³-hybridized carbons (Fsp3) is 0.333. The van der Waals surface area contributed by atoms with E-state index in [0.717, 1.165) is 10.2 Å². The van der Waals surface area contributed by atoms with Crippen molar-refractivity contribution in [2.45, 2.75) is 30.3 Å². The molecule has 31 heavy (non-hydrogen) atoms. The van der Waals surface area contributed by atoms with Crippen LogP contribution in [0, 0.1) is 0 Å². The highest BCUT2D eigenvalue weighted by atomic mass is 35.5. The normalized spacial score (nSPS) is 15.4. The van der Waals surface area contributed by atoms with Gasteiger partial charge in [-0.05, 0) is 36.4 Å². The highest BCUT2D eigenvalue weighted by molar-refractivity contribution is 7.91. The molecule has 0 saturated carbocycles. The van der Waals surface area contributed by atoms with Gasteiger partial charge in [0.05, 0.1) is 20.4 Å². The molecule has 1 fully saturated rings. The van der Waals surface area contributed by atoms with Gasteiger partial charge in [0.2, 0.25) is 5.91 Å². The summed E-state index contributed by atoms with van der Waals surface area (Å²) in [5.41, 5.74) is 0.735. The van der Waals surface area contributed by atoms with Crippen molar-refractivity contribution in [2.75, 3.05) is 18.8 Å². The predicted octanol–water partition coefficient (Wildman–Crippen LogP) is 4.84. The number of sulfone groups is 1. The molecule has 0 bridgehead atoms. The standard InChI is InChI=1S/C21H20Cl2N2O4S2/c22-14-4-6-16(7-5-14)31(27,28)13-10-19(26)25-11-8-15(9-12-25)29-21-24-20-17(23)2-1-3-18(20)30-21/h1-7,15H,8-13H2. The summed E-state index contributed by atoms with van der Waals surface area (Å²) in [6, 6.07) is 11.6. The number of piperidine rings is 1. The smallest absolute Gasteiger partial charge is 0.274 e. The van der Waals surface area contributed by atoms with Crippen LogP contribution in [-0.2, 0) is 14.6 Å². The molecule has 1 amide bonds. The zero-order chi connectivity index (χ0) is 22.0. The van der Waals surface area contributed by atoms with Crippen LogP contribution in [0.5, 0.6) is 5.19 Å². The van der Waals surface area contributed by atoms with Gasteiger partial charge in [-0.1, -0.05) is 40.6 Å². The van der Waals surface area contributed by atoms with Gasteiger partial charge in [0.25, 0.3) is 5.19 Å². The molecule has 0 radical (unpaired) electrons. The van der Waals surface area contributed by atoms with Crippen LogP contribution in [0.1, 0.15) is 19.3 Å². The lowest BCUT2D eigenvalue weighted by Crippen LogP contribution is -2.42. The number of hydrogen-bond donors (Lipinski definition) is 0. The average molecular weight is 499 g/mol. The van der Waals surface area contributed by atoms with Crippen molar-refractivity contribution in [1.29, 1.82) is 0 Å². The van der Waals surface area contributed by atoms with E-state index in [-0.39, 0.29) is 29.1 Å². The minimum Gasteiger partial charge on any atom is -0.467 e. The van der Waals surface area contributed by atoms with E-state index in [1.54, 1.807) is 11.0 Å². The molecule has 0 spiro atoms. The highest BCUT2D eigenvalue weighted by Gasteiger charge is 2.26. The van der Waals surface area contributed by atoms with Crippen molar-refractivity contribution in [1.82, 2.24) is 9.88 Å². The van der Waals surface area contributed by atoms with Crippen LogP contribution in [0.25, 0.3) is 10.2 Å². The maximum atomic E-state index is 12.5. The Morgan fingerprint density at radius 2 is 1.84 bits per heavy atom. The van der Waals surface area contributed by atoms with Crippen LogP contribution in [-0.4, -0.2) is 49.2 Å². The van der Waals surface area contributed by atoms with E-state index in [1.807, 2.05) is 12.1 Å². The number of halogens is 2. The van der Waals surface area contributed by atoms with Gasteiger partial charge < -0.3 is 9.64 Å². The van der Waals surface area contributed by atoms with E-state index in [4.69, 9.17) is 27.9 Å². The Morgan fingerprint density at radius 3 is 2.52 bits per heavy atom. The number of ether oxygens (including phenoxy) is 1. The Balaban J connectivity index is 1.28. The summed E-state index contributed by atoms with van der Waals surface area (Å²) in [4.78, 5) is 18.9. The average Bonchev–Trinajstić information content (AvgIpc) is 3.17. The van der Waals surface area contributed by atoms with Crippen molar-refractivity contribution < 1.29 is 17.9 Å². The molecule has 3 aromatic rings. The number of carbonyl (C=O) groups is 1. The zero-order valence-electron chi connectivity index (χ0n) is 16.5. The third-order valence-electron chi connectivity index (χ3n) is 5.17. The lowest BCUT2D eigenvalue weighted by atomic mass is 10.1. The van der Waals surface area contributed by atoms with E-state index < -0.39 is 9.84 Å². The summed E-state index contributed by atoms with van der Waals surface area (Å²) in [7, 11) is -3.53. The topological polar surface area (TPSA) is 76.6 Å². The summed E-state index contributed by atoms with van der Waals surface area (Å²) in [6.07, 6.45) is 1.24. The number of rotatable bonds is 6. The van der Waals surface area contributed by atoms with Crippen LogP contribution in [0.3, 0.4) is 0 Å². The van der Waals surface area contributed by atoms with E-state index in [9.17, 15) is 13.2 Å². The van der Waals surface area contributed by atoms with Crippen LogP contribution in [0.4, 0.5) is 0 Å². The SMILES string of the molecule is O=C(CCS(=O)(=O)c1ccc(Cl)cc1)N1CCC(Oc2nc3c(Cl)cccc3s2)CC1. The minimum absolute atomic E-state index is 0.0406. The quantitative estimate of drug-likeness (QED) is 0.485. The summed E-state index contributed by atoms with van der Waals surface area (Å²) in [6.45, 7) is 1.05. The Bertz CT molecular complexity index is 1190. The number of para-hydroxylation sites is 1. The van der Waals surface area contributed by atoms with E-state index in [2.05, 4.69) is 4.98 Å². The Morgan fingerprint density at radius 1 is 1.13 bits per heavy atom. The van der Waals surface area contributed by atoms with Gasteiger partial charge in [-0.2, -0.15) is 0 Å². The van der Waals surface area contributed by atoms with Crippen LogP contribution < -0.4 is 4.74 Å². The minimum atomic E-state index is -3.53. The highest BCUT2D eigenvalue weighted by Crippen LogP contribution is 2.33. The van der Waals surface area contributed by atoms with Crippen molar-refractivity contribution in [2.24, 2.45) is 0 Å². The lowest BCUT2D eigenvalue weighted by Gasteiger charge is -2.31. The molecule has 1 aliphatic rings. The molecule has 164 valence electrons. The Hall–Kier alpha value is -1.87. The van der Waals surface area contributed by atoms with Crippen molar-refractivity contribution in [3.05, 3.63) is 52.5 Å². The zero-order valence-corrected chi connectivity index (χ0v) is 19.6. The number of amides is 1. The van der Waals surface area contributed by atoms with E-state index in [0.29, 0.717) is 41.2 Å². The first-order valence-corrected chi connectivity index (χ1v) is 13.0. The molecule has 10 heteroatoms. The first-order valence-electron chi connectivity index (χ1n) is 9.80. The Kier molecular flexibility index (Phi) is 6.71. The maximum absolute atomic E-state index is 12.5. The van der Waals surface area contributed by atoms with Gasteiger partial charge in [-0.15, -0.1) is 0 Å². The van der Waals surface area contributed by atoms with Gasteiger partial charge in [0.15, 0.2) is 9.84 Å². The molecular formula is C21H20Cl2N2O4S2. The predicted molar refractivity (Wildman–Crippen MR) is 123 cm³/mol. The molecule has 2 heterocycles. The molecule has 2 aromatic carbocycles. The molecule has 1 saturated heterocycles. The molecule has 0 atom stereocenters. The number of likely N-dealkylation sites (tertiary alicyclic amines) is 1. The number of carbonyl (C=O) groups excluding carboxylic acids is 1. The molecule has 1 aliphatic heterocycles. The number of aromatic nitrogens is 1. The summed E-state index contributed by atoms with van der Waals surface area (Å²) < 4.78 is 31.8. The third-order valence-corrected chi connectivity index (χ3v) is 8.37. The molecule has 6 nitrogen and oxygen atoms in total. The molecule has 0 aliphatic carbocycles. The van der Waals surface area contributed by atoms with Gasteiger partial charge in [0, 0.05) is 37.4 Å². The molecule has 1 aromatic heterocycles. The summed E-state index contributed by atoms with van der Waals surface area (Å²) in [5, 5.41) is 1.63. The second-order valence-corrected chi connectivity index (χ2v) is 11.2. The fourth-order valence-corrected chi connectivity index (χ4v) is 5.99. The number of thiazole rings is 1. The monoisotopic (exact) mass is 498 g/mol. The number of fused-ring (bicyclic) bond motifs is 1. The molecule has 4 rings (SSSR count). The summed E-state index contributed by atoms with van der Waals surface area (Å²) in [5.74, 6) is -0.390. The van der Waals surface area contributed by atoms with E-state index >= 15 is 0 Å².